The van der Waals surface area contributed by atoms with Gasteiger partial charge in [-0.1, -0.05) is 84.9 Å². The van der Waals surface area contributed by atoms with Gasteiger partial charge in [0.25, 0.3) is 0 Å². The third-order valence-corrected chi connectivity index (χ3v) is 6.21. The predicted octanol–water partition coefficient (Wildman–Crippen LogP) is 8.44. The Morgan fingerprint density at radius 1 is 0.590 bits per heavy atom. The minimum Gasteiger partial charge on any atom is -0.507 e. The molecule has 0 atom stereocenters. The van der Waals surface area contributed by atoms with Crippen molar-refractivity contribution in [2.75, 3.05) is 0 Å². The largest absolute Gasteiger partial charge is 0.507 e. The van der Waals surface area contributed by atoms with E-state index in [1.165, 1.54) is 0 Å². The van der Waals surface area contributed by atoms with Crippen LogP contribution in [0, 0.1) is 6.07 Å². The maximum absolute atomic E-state index is 10.5. The number of ether oxygens (including phenoxy) is 1. The molecule has 39 heavy (non-hydrogen) atoms. The van der Waals surface area contributed by atoms with Gasteiger partial charge in [-0.3, -0.25) is 4.98 Å². The van der Waals surface area contributed by atoms with Crippen LogP contribution in [-0.2, 0) is 21.1 Å². The minimum absolute atomic E-state index is 0. The maximum Gasteiger partial charge on any atom is 0.217 e. The van der Waals surface area contributed by atoms with Crippen molar-refractivity contribution in [3.63, 3.8) is 0 Å². The number of benzene rings is 4. The van der Waals surface area contributed by atoms with Crippen molar-refractivity contribution in [2.45, 2.75) is 0 Å². The van der Waals surface area contributed by atoms with Crippen LogP contribution in [0.5, 0.6) is 17.4 Å². The molecule has 4 aromatic carbocycles. The van der Waals surface area contributed by atoms with E-state index >= 15 is 0 Å². The average molecular weight is 687 g/mol. The van der Waals surface area contributed by atoms with Crippen molar-refractivity contribution in [3.05, 3.63) is 140 Å². The second-order valence-corrected chi connectivity index (χ2v) is 8.79. The molecule has 0 aliphatic rings. The first-order valence-electron chi connectivity index (χ1n) is 12.3. The third kappa shape index (κ3) is 5.98. The first kappa shape index (κ1) is 26.1. The third-order valence-electron chi connectivity index (χ3n) is 6.21. The molecule has 0 saturated heterocycles. The van der Waals surface area contributed by atoms with Crippen LogP contribution in [0.3, 0.4) is 0 Å². The average Bonchev–Trinajstić information content (AvgIpc) is 2.98. The molecule has 1 N–H and O–H groups in total. The molecule has 0 radical (unpaired) electrons. The molecule has 0 aliphatic heterocycles. The monoisotopic (exact) mass is 686 g/mol. The van der Waals surface area contributed by atoms with Gasteiger partial charge in [0.2, 0.25) is 5.88 Å². The Labute approximate surface area is 241 Å². The van der Waals surface area contributed by atoms with Gasteiger partial charge in [0.15, 0.2) is 0 Å². The molecular weight excluding hydrogens is 663 g/mol. The molecule has 0 fully saturated rings. The molecule has 6 rings (SSSR count). The van der Waals surface area contributed by atoms with Gasteiger partial charge in [-0.15, -0.1) is 23.8 Å². The number of phenolic OH excluding ortho intramolecular Hbond substituents is 1. The zero-order chi connectivity index (χ0) is 25.7. The SMILES string of the molecule is Oc1ccccc1-c1cc(-c2ccccc2)cc(-c2[c-]c(Oc3cc(-c4ccccc4)ccn3)ccc2)n1.[Pt]. The van der Waals surface area contributed by atoms with Gasteiger partial charge < -0.3 is 9.84 Å². The number of rotatable bonds is 6. The smallest absolute Gasteiger partial charge is 0.217 e. The van der Waals surface area contributed by atoms with Gasteiger partial charge in [-0.25, -0.2) is 4.98 Å². The fourth-order valence-electron chi connectivity index (χ4n) is 4.34. The van der Waals surface area contributed by atoms with E-state index < -0.39 is 0 Å². The molecule has 2 aromatic heterocycles. The first-order chi connectivity index (χ1) is 18.7. The molecule has 0 aliphatic carbocycles. The van der Waals surface area contributed by atoms with Crippen LogP contribution in [0.2, 0.25) is 0 Å². The number of hydrogen-bond acceptors (Lipinski definition) is 4. The van der Waals surface area contributed by atoms with E-state index in [2.05, 4.69) is 35.3 Å². The molecule has 5 heteroatoms. The van der Waals surface area contributed by atoms with Crippen molar-refractivity contribution >= 4 is 0 Å². The summed E-state index contributed by atoms with van der Waals surface area (Å²) < 4.78 is 6.12. The second kappa shape index (κ2) is 11.9. The number of aromatic hydroxyl groups is 1. The molecule has 0 amide bonds. The summed E-state index contributed by atoms with van der Waals surface area (Å²) in [6.45, 7) is 0. The topological polar surface area (TPSA) is 55.2 Å². The summed E-state index contributed by atoms with van der Waals surface area (Å²) in [7, 11) is 0. The van der Waals surface area contributed by atoms with Gasteiger partial charge in [-0.05, 0) is 52.2 Å². The minimum atomic E-state index is 0. The zero-order valence-corrected chi connectivity index (χ0v) is 23.0. The van der Waals surface area contributed by atoms with Crippen molar-refractivity contribution in [3.8, 4) is 62.1 Å². The van der Waals surface area contributed by atoms with Gasteiger partial charge in [0.1, 0.15) is 5.75 Å². The van der Waals surface area contributed by atoms with Gasteiger partial charge >= 0.3 is 0 Å². The van der Waals surface area contributed by atoms with Crippen LogP contribution < -0.4 is 4.74 Å². The number of aromatic nitrogens is 2. The number of phenols is 1. The summed E-state index contributed by atoms with van der Waals surface area (Å²) in [5.41, 5.74) is 7.01. The molecule has 0 bridgehead atoms. The number of pyridine rings is 2. The number of nitrogens with zero attached hydrogens (tertiary/aromatic N) is 2. The zero-order valence-electron chi connectivity index (χ0n) is 20.8. The quantitative estimate of drug-likeness (QED) is 0.179. The molecule has 4 nitrogen and oxygen atoms in total. The molecule has 0 spiro atoms. The van der Waals surface area contributed by atoms with Gasteiger partial charge in [0.05, 0.1) is 5.69 Å². The summed E-state index contributed by atoms with van der Waals surface area (Å²) in [5, 5.41) is 10.5. The Kier molecular flexibility index (Phi) is 7.96. The Hall–Kier alpha value is -4.53. The normalized spacial score (nSPS) is 10.5. The van der Waals surface area contributed by atoms with Crippen LogP contribution in [0.4, 0.5) is 0 Å². The van der Waals surface area contributed by atoms with Crippen LogP contribution in [0.25, 0.3) is 44.8 Å². The number of hydrogen-bond donors (Lipinski definition) is 1. The van der Waals surface area contributed by atoms with E-state index in [4.69, 9.17) is 9.72 Å². The van der Waals surface area contributed by atoms with Crippen LogP contribution in [0.15, 0.2) is 134 Å². The Bertz CT molecular complexity index is 1710. The van der Waals surface area contributed by atoms with Crippen LogP contribution in [-0.4, -0.2) is 15.1 Å². The molecule has 192 valence electrons. The predicted molar refractivity (Wildman–Crippen MR) is 151 cm³/mol. The van der Waals surface area contributed by atoms with E-state index in [0.29, 0.717) is 22.9 Å². The van der Waals surface area contributed by atoms with Crippen molar-refractivity contribution in [2.24, 2.45) is 0 Å². The number of para-hydroxylation sites is 1. The Morgan fingerprint density at radius 2 is 1.26 bits per heavy atom. The van der Waals surface area contributed by atoms with Crippen molar-refractivity contribution in [1.29, 1.82) is 0 Å². The fourth-order valence-corrected chi connectivity index (χ4v) is 4.34. The van der Waals surface area contributed by atoms with E-state index in [1.807, 2.05) is 91.0 Å². The van der Waals surface area contributed by atoms with E-state index in [9.17, 15) is 5.11 Å². The van der Waals surface area contributed by atoms with Crippen molar-refractivity contribution < 1.29 is 30.9 Å². The van der Waals surface area contributed by atoms with E-state index in [0.717, 1.165) is 33.5 Å². The molecule has 2 heterocycles. The first-order valence-corrected chi connectivity index (χ1v) is 12.3. The summed E-state index contributed by atoms with van der Waals surface area (Å²) in [6.07, 6.45) is 1.74. The summed E-state index contributed by atoms with van der Waals surface area (Å²) in [5.74, 6) is 1.21. The molecule has 0 saturated carbocycles. The summed E-state index contributed by atoms with van der Waals surface area (Å²) >= 11 is 0. The molecular formula is C34H23N2O2Pt-. The van der Waals surface area contributed by atoms with Gasteiger partial charge in [-0.2, -0.15) is 0 Å². The second-order valence-electron chi connectivity index (χ2n) is 8.79. The summed E-state index contributed by atoms with van der Waals surface area (Å²) in [4.78, 5) is 9.29. The Balaban J connectivity index is 0.00000308. The molecule has 0 unspecified atom stereocenters. The van der Waals surface area contributed by atoms with Crippen LogP contribution in [0.1, 0.15) is 0 Å². The van der Waals surface area contributed by atoms with Crippen LogP contribution >= 0.6 is 0 Å². The van der Waals surface area contributed by atoms with Crippen molar-refractivity contribution in [1.82, 2.24) is 9.97 Å². The standard InChI is InChI=1S/C34H23N2O2.Pt/c37-33-17-8-7-16-30(33)32-22-28(25-12-5-2-6-13-25)21-31(36-32)27-14-9-15-29(20-27)38-34-23-26(18-19-35-34)24-10-3-1-4-11-24;/h1-19,21-23,37H;/q-1;. The Morgan fingerprint density at radius 3 is 2.00 bits per heavy atom. The molecule has 6 aromatic rings. The maximum atomic E-state index is 10.5. The fraction of sp³-hybridized carbons (Fsp3) is 0. The van der Waals surface area contributed by atoms with E-state index in [1.54, 1.807) is 18.3 Å². The summed E-state index contributed by atoms with van der Waals surface area (Å²) in [6, 6.07) is 44.4. The van der Waals surface area contributed by atoms with Gasteiger partial charge in [0, 0.05) is 44.6 Å². The van der Waals surface area contributed by atoms with E-state index in [-0.39, 0.29) is 26.8 Å².